The minimum Gasteiger partial charge on any atom is -0.467 e. The molecule has 1 aromatic rings. The summed E-state index contributed by atoms with van der Waals surface area (Å²) in [6, 6.07) is 3.77. The van der Waals surface area contributed by atoms with Gasteiger partial charge in [0.15, 0.2) is 5.96 Å². The average Bonchev–Trinajstić information content (AvgIpc) is 2.95. The first-order valence-electron chi connectivity index (χ1n) is 7.40. The van der Waals surface area contributed by atoms with Gasteiger partial charge in [-0.15, -0.1) is 0 Å². The Morgan fingerprint density at radius 1 is 1.60 bits per heavy atom. The van der Waals surface area contributed by atoms with Crippen LogP contribution in [-0.2, 0) is 11.3 Å². The highest BCUT2D eigenvalue weighted by Gasteiger charge is 2.17. The van der Waals surface area contributed by atoms with Crippen molar-refractivity contribution in [2.24, 2.45) is 16.6 Å². The zero-order valence-electron chi connectivity index (χ0n) is 12.3. The number of nitrogens with two attached hydrogens (primary N) is 1. The van der Waals surface area contributed by atoms with Crippen molar-refractivity contribution >= 4 is 5.96 Å². The minimum atomic E-state index is 0.524. The summed E-state index contributed by atoms with van der Waals surface area (Å²) in [7, 11) is 0. The summed E-state index contributed by atoms with van der Waals surface area (Å²) >= 11 is 0. The van der Waals surface area contributed by atoms with Gasteiger partial charge in [-0.2, -0.15) is 0 Å². The van der Waals surface area contributed by atoms with Gasteiger partial charge in [0.1, 0.15) is 12.4 Å². The Morgan fingerprint density at radius 3 is 3.25 bits per heavy atom. The first-order chi connectivity index (χ1) is 9.75. The number of rotatable bonds is 6. The van der Waals surface area contributed by atoms with Gasteiger partial charge in [0, 0.05) is 26.2 Å². The van der Waals surface area contributed by atoms with Crippen LogP contribution in [0.25, 0.3) is 0 Å². The second-order valence-electron chi connectivity index (χ2n) is 5.42. The number of nitrogens with zero attached hydrogens (tertiary/aromatic N) is 2. The van der Waals surface area contributed by atoms with E-state index in [-0.39, 0.29) is 0 Å². The van der Waals surface area contributed by atoms with Crippen molar-refractivity contribution < 1.29 is 9.15 Å². The van der Waals surface area contributed by atoms with E-state index in [2.05, 4.69) is 16.8 Å². The number of piperidine rings is 1. The molecular weight excluding hydrogens is 254 g/mol. The highest BCUT2D eigenvalue weighted by Crippen LogP contribution is 2.14. The Morgan fingerprint density at radius 2 is 2.50 bits per heavy atom. The molecule has 0 bridgehead atoms. The van der Waals surface area contributed by atoms with Gasteiger partial charge in [-0.25, -0.2) is 0 Å². The molecule has 112 valence electrons. The van der Waals surface area contributed by atoms with E-state index in [1.54, 1.807) is 6.26 Å². The molecule has 0 spiro atoms. The summed E-state index contributed by atoms with van der Waals surface area (Å²) in [6.45, 7) is 6.25. The minimum absolute atomic E-state index is 0.524. The van der Waals surface area contributed by atoms with Gasteiger partial charge in [0.2, 0.25) is 0 Å². The zero-order chi connectivity index (χ0) is 14.2. The van der Waals surface area contributed by atoms with E-state index in [1.165, 1.54) is 12.8 Å². The van der Waals surface area contributed by atoms with E-state index in [4.69, 9.17) is 14.9 Å². The summed E-state index contributed by atoms with van der Waals surface area (Å²) in [5.41, 5.74) is 6.02. The van der Waals surface area contributed by atoms with Gasteiger partial charge >= 0.3 is 0 Å². The average molecular weight is 279 g/mol. The third kappa shape index (κ3) is 4.89. The Balaban J connectivity index is 1.58. The molecule has 0 radical (unpaired) electrons. The summed E-state index contributed by atoms with van der Waals surface area (Å²) in [6.07, 6.45) is 5.04. The van der Waals surface area contributed by atoms with E-state index >= 15 is 0 Å². The van der Waals surface area contributed by atoms with E-state index in [0.29, 0.717) is 25.1 Å². The second-order valence-corrected chi connectivity index (χ2v) is 5.42. The highest BCUT2D eigenvalue weighted by molar-refractivity contribution is 5.78. The van der Waals surface area contributed by atoms with Gasteiger partial charge in [-0.3, -0.25) is 4.99 Å². The molecule has 5 heteroatoms. The Kier molecular flexibility index (Phi) is 5.92. The van der Waals surface area contributed by atoms with Crippen LogP contribution < -0.4 is 5.73 Å². The van der Waals surface area contributed by atoms with Crippen molar-refractivity contribution in [3.63, 3.8) is 0 Å². The molecule has 0 amide bonds. The predicted molar refractivity (Wildman–Crippen MR) is 79.4 cm³/mol. The van der Waals surface area contributed by atoms with Gasteiger partial charge in [-0.1, -0.05) is 6.92 Å². The molecule has 5 nitrogen and oxygen atoms in total. The van der Waals surface area contributed by atoms with Crippen molar-refractivity contribution in [2.45, 2.75) is 32.8 Å². The van der Waals surface area contributed by atoms with Crippen molar-refractivity contribution in [1.82, 2.24) is 4.90 Å². The number of furan rings is 1. The molecule has 2 N–H and O–H groups in total. The zero-order valence-corrected chi connectivity index (χ0v) is 12.3. The summed E-state index contributed by atoms with van der Waals surface area (Å²) < 4.78 is 10.7. The van der Waals surface area contributed by atoms with Crippen molar-refractivity contribution in [1.29, 1.82) is 0 Å². The largest absolute Gasteiger partial charge is 0.467 e. The maximum Gasteiger partial charge on any atom is 0.191 e. The third-order valence-electron chi connectivity index (χ3n) is 3.53. The molecule has 1 fully saturated rings. The van der Waals surface area contributed by atoms with Crippen LogP contribution in [0.15, 0.2) is 27.8 Å². The third-order valence-corrected chi connectivity index (χ3v) is 3.53. The van der Waals surface area contributed by atoms with E-state index < -0.39 is 0 Å². The molecule has 1 atom stereocenters. The molecule has 0 aromatic carbocycles. The Bertz CT molecular complexity index is 403. The number of hydrogen-bond acceptors (Lipinski definition) is 3. The molecule has 2 rings (SSSR count). The lowest BCUT2D eigenvalue weighted by atomic mass is 10.0. The first kappa shape index (κ1) is 14.9. The van der Waals surface area contributed by atoms with E-state index in [0.717, 1.165) is 31.8 Å². The van der Waals surface area contributed by atoms with Crippen LogP contribution in [0.3, 0.4) is 0 Å². The standard InChI is InChI=1S/C15H25N3O2/c1-13-5-2-8-18(11-13)15(16)17-7-4-9-19-12-14-6-3-10-20-14/h3,6,10,13H,2,4-5,7-9,11-12H2,1H3,(H2,16,17). The maximum atomic E-state index is 6.02. The molecule has 0 saturated carbocycles. The maximum absolute atomic E-state index is 6.02. The van der Waals surface area contributed by atoms with Crippen LogP contribution in [0.1, 0.15) is 31.9 Å². The molecule has 0 aliphatic carbocycles. The van der Waals surface area contributed by atoms with E-state index in [1.807, 2.05) is 12.1 Å². The first-order valence-corrected chi connectivity index (χ1v) is 7.40. The summed E-state index contributed by atoms with van der Waals surface area (Å²) in [5.74, 6) is 2.26. The number of guanidine groups is 1. The lowest BCUT2D eigenvalue weighted by Gasteiger charge is -2.31. The van der Waals surface area contributed by atoms with Crippen molar-refractivity contribution in [3.8, 4) is 0 Å². The van der Waals surface area contributed by atoms with Gasteiger partial charge in [0.05, 0.1) is 6.26 Å². The van der Waals surface area contributed by atoms with Crippen molar-refractivity contribution in [2.75, 3.05) is 26.2 Å². The fourth-order valence-corrected chi connectivity index (χ4v) is 2.43. The topological polar surface area (TPSA) is 64.0 Å². The number of likely N-dealkylation sites (tertiary alicyclic amines) is 1. The second kappa shape index (κ2) is 7.94. The SMILES string of the molecule is CC1CCCN(C(N)=NCCCOCc2ccco2)C1. The molecule has 1 aliphatic rings. The fraction of sp³-hybridized carbons (Fsp3) is 0.667. The number of hydrogen-bond donors (Lipinski definition) is 1. The molecule has 2 heterocycles. The molecule has 20 heavy (non-hydrogen) atoms. The van der Waals surface area contributed by atoms with Crippen LogP contribution in [0.4, 0.5) is 0 Å². The molecular formula is C15H25N3O2. The summed E-state index contributed by atoms with van der Waals surface area (Å²) in [5, 5.41) is 0. The lowest BCUT2D eigenvalue weighted by Crippen LogP contribution is -2.43. The molecule has 1 unspecified atom stereocenters. The van der Waals surface area contributed by atoms with Gasteiger partial charge in [0.25, 0.3) is 0 Å². The van der Waals surface area contributed by atoms with Gasteiger partial charge in [-0.05, 0) is 37.3 Å². The van der Waals surface area contributed by atoms with Crippen LogP contribution in [0.5, 0.6) is 0 Å². The number of aliphatic imine (C=N–C) groups is 1. The van der Waals surface area contributed by atoms with Crippen LogP contribution in [0.2, 0.25) is 0 Å². The predicted octanol–water partition coefficient (Wildman–Crippen LogP) is 2.23. The normalized spacial score (nSPS) is 20.4. The van der Waals surface area contributed by atoms with Crippen LogP contribution in [0, 0.1) is 5.92 Å². The Hall–Kier alpha value is -1.49. The number of ether oxygens (including phenoxy) is 1. The smallest absolute Gasteiger partial charge is 0.191 e. The summed E-state index contributed by atoms with van der Waals surface area (Å²) in [4.78, 5) is 6.63. The Labute approximate surface area is 120 Å². The molecule has 1 aliphatic heterocycles. The molecule has 1 saturated heterocycles. The fourth-order valence-electron chi connectivity index (χ4n) is 2.43. The van der Waals surface area contributed by atoms with Gasteiger partial charge < -0.3 is 19.8 Å². The molecule has 1 aromatic heterocycles. The van der Waals surface area contributed by atoms with Crippen LogP contribution in [-0.4, -0.2) is 37.1 Å². The van der Waals surface area contributed by atoms with Crippen molar-refractivity contribution in [3.05, 3.63) is 24.2 Å². The lowest BCUT2D eigenvalue weighted by molar-refractivity contribution is 0.105. The highest BCUT2D eigenvalue weighted by atomic mass is 16.5. The van der Waals surface area contributed by atoms with Crippen LogP contribution >= 0.6 is 0 Å². The quantitative estimate of drug-likeness (QED) is 0.493. The monoisotopic (exact) mass is 279 g/mol. The van der Waals surface area contributed by atoms with E-state index in [9.17, 15) is 0 Å².